The summed E-state index contributed by atoms with van der Waals surface area (Å²) in [4.78, 5) is 20.0. The Bertz CT molecular complexity index is 412. The van der Waals surface area contributed by atoms with Gasteiger partial charge in [0.1, 0.15) is 0 Å². The molecule has 0 saturated heterocycles. The van der Waals surface area contributed by atoms with E-state index in [0.29, 0.717) is 13.0 Å². The molecular weight excluding hydrogens is 208 g/mol. The molecule has 1 rings (SSSR count). The van der Waals surface area contributed by atoms with Crippen molar-refractivity contribution in [3.63, 3.8) is 0 Å². The van der Waals surface area contributed by atoms with E-state index in [4.69, 9.17) is 0 Å². The number of nitro benzene ring substituents is 1. The van der Waals surface area contributed by atoms with Crippen molar-refractivity contribution in [2.45, 2.75) is 12.8 Å². The second kappa shape index (κ2) is 3.72. The lowest BCUT2D eigenvalue weighted by Crippen LogP contribution is -2.08. The highest BCUT2D eigenvalue weighted by atomic mass is 19.3. The van der Waals surface area contributed by atoms with E-state index >= 15 is 0 Å². The van der Waals surface area contributed by atoms with Gasteiger partial charge in [-0.05, 0) is 6.07 Å². The minimum atomic E-state index is -3.16. The van der Waals surface area contributed by atoms with E-state index in [1.165, 1.54) is 0 Å². The lowest BCUT2D eigenvalue weighted by Gasteiger charge is -2.10. The molecule has 0 aliphatic heterocycles. The lowest BCUT2D eigenvalue weighted by atomic mass is 10.1. The maximum atomic E-state index is 12.8. The Balaban J connectivity index is 3.35. The summed E-state index contributed by atoms with van der Waals surface area (Å²) in [6, 6.07) is 2.72. The Morgan fingerprint density at radius 1 is 1.47 bits per heavy atom. The van der Waals surface area contributed by atoms with Gasteiger partial charge >= 0.3 is 0 Å². The van der Waals surface area contributed by atoms with Crippen molar-refractivity contribution in [1.82, 2.24) is 0 Å². The molecule has 0 aromatic heterocycles. The van der Waals surface area contributed by atoms with E-state index in [1.54, 1.807) is 0 Å². The lowest BCUT2D eigenvalue weighted by molar-refractivity contribution is -0.385. The quantitative estimate of drug-likeness (QED) is 0.442. The number of hydrogen-bond acceptors (Lipinski definition) is 3. The van der Waals surface area contributed by atoms with E-state index in [0.717, 1.165) is 12.1 Å². The number of alkyl halides is 2. The Morgan fingerprint density at radius 3 is 2.47 bits per heavy atom. The van der Waals surface area contributed by atoms with Crippen molar-refractivity contribution in [2.24, 2.45) is 0 Å². The first-order valence-electron chi connectivity index (χ1n) is 3.98. The molecule has 0 N–H and O–H groups in total. The Hall–Kier alpha value is -1.85. The number of hydrogen-bond donors (Lipinski definition) is 0. The highest BCUT2D eigenvalue weighted by molar-refractivity contribution is 5.81. The Kier molecular flexibility index (Phi) is 2.78. The number of aldehydes is 1. The first kappa shape index (κ1) is 11.2. The third kappa shape index (κ3) is 2.34. The van der Waals surface area contributed by atoms with Gasteiger partial charge < -0.3 is 0 Å². The average molecular weight is 215 g/mol. The van der Waals surface area contributed by atoms with Gasteiger partial charge in [-0.1, -0.05) is 6.07 Å². The van der Waals surface area contributed by atoms with E-state index in [9.17, 15) is 23.7 Å². The van der Waals surface area contributed by atoms with Gasteiger partial charge in [-0.25, -0.2) is 8.78 Å². The first-order chi connectivity index (χ1) is 6.86. The first-order valence-corrected chi connectivity index (χ1v) is 3.98. The topological polar surface area (TPSA) is 60.2 Å². The molecule has 0 heterocycles. The molecule has 0 saturated carbocycles. The third-order valence-electron chi connectivity index (χ3n) is 1.86. The number of nitro groups is 1. The smallest absolute Gasteiger partial charge is 0.280 e. The number of rotatable bonds is 3. The summed E-state index contributed by atoms with van der Waals surface area (Å²) in [5.41, 5.74) is -1.31. The summed E-state index contributed by atoms with van der Waals surface area (Å²) in [6.07, 6.45) is 0.260. The highest BCUT2D eigenvalue weighted by Crippen LogP contribution is 2.30. The predicted molar refractivity (Wildman–Crippen MR) is 48.1 cm³/mol. The molecule has 0 atom stereocenters. The summed E-state index contributed by atoms with van der Waals surface area (Å²) in [5.74, 6) is -3.16. The normalized spacial score (nSPS) is 11.1. The Morgan fingerprint density at radius 2 is 2.07 bits per heavy atom. The van der Waals surface area contributed by atoms with Crippen molar-refractivity contribution in [3.05, 3.63) is 39.4 Å². The molecule has 0 aliphatic carbocycles. The number of nitrogens with zero attached hydrogens (tertiary/aromatic N) is 1. The molecule has 0 fully saturated rings. The molecule has 0 unspecified atom stereocenters. The monoisotopic (exact) mass is 215 g/mol. The van der Waals surface area contributed by atoms with Crippen LogP contribution in [0.25, 0.3) is 0 Å². The largest absolute Gasteiger partial charge is 0.298 e. The zero-order chi connectivity index (χ0) is 11.6. The van der Waals surface area contributed by atoms with Crippen LogP contribution in [-0.4, -0.2) is 11.2 Å². The van der Waals surface area contributed by atoms with Gasteiger partial charge in [-0.2, -0.15) is 0 Å². The molecule has 6 heteroatoms. The zero-order valence-corrected chi connectivity index (χ0v) is 7.74. The average Bonchev–Trinajstić information content (AvgIpc) is 2.15. The van der Waals surface area contributed by atoms with E-state index < -0.39 is 22.1 Å². The van der Waals surface area contributed by atoms with Crippen LogP contribution in [0.5, 0.6) is 0 Å². The van der Waals surface area contributed by atoms with Crippen LogP contribution in [0.1, 0.15) is 22.8 Å². The van der Waals surface area contributed by atoms with Crippen molar-refractivity contribution in [2.75, 3.05) is 0 Å². The molecule has 0 radical (unpaired) electrons. The van der Waals surface area contributed by atoms with Crippen LogP contribution in [0.4, 0.5) is 14.5 Å². The van der Waals surface area contributed by atoms with E-state index in [2.05, 4.69) is 0 Å². The van der Waals surface area contributed by atoms with Crippen molar-refractivity contribution >= 4 is 12.0 Å². The molecule has 80 valence electrons. The standard InChI is InChI=1S/C9H7F2NO3/c1-9(10,11)7-3-2-6(5-13)8(4-7)12(14)15/h2-5H,1H3. The van der Waals surface area contributed by atoms with Crippen LogP contribution < -0.4 is 0 Å². The van der Waals surface area contributed by atoms with Gasteiger partial charge in [0.2, 0.25) is 0 Å². The number of carbonyl (C=O) groups excluding carboxylic acids is 1. The molecule has 0 aliphatic rings. The van der Waals surface area contributed by atoms with Gasteiger partial charge in [-0.15, -0.1) is 0 Å². The van der Waals surface area contributed by atoms with Crippen molar-refractivity contribution < 1.29 is 18.5 Å². The highest BCUT2D eigenvalue weighted by Gasteiger charge is 2.27. The third-order valence-corrected chi connectivity index (χ3v) is 1.86. The fraction of sp³-hybridized carbons (Fsp3) is 0.222. The van der Waals surface area contributed by atoms with E-state index in [-0.39, 0.29) is 11.8 Å². The second-order valence-electron chi connectivity index (χ2n) is 3.04. The Labute approximate surface area is 83.7 Å². The number of benzene rings is 1. The maximum absolute atomic E-state index is 12.8. The van der Waals surface area contributed by atoms with E-state index in [1.807, 2.05) is 0 Å². The van der Waals surface area contributed by atoms with Crippen LogP contribution in [0.2, 0.25) is 0 Å². The minimum absolute atomic E-state index is 0.215. The zero-order valence-electron chi connectivity index (χ0n) is 7.74. The summed E-state index contributed by atoms with van der Waals surface area (Å²) in [6.45, 7) is 0.632. The maximum Gasteiger partial charge on any atom is 0.280 e. The molecule has 15 heavy (non-hydrogen) atoms. The molecule has 0 amide bonds. The molecule has 0 spiro atoms. The SMILES string of the molecule is CC(F)(F)c1ccc(C=O)c([N+](=O)[O-])c1. The fourth-order valence-corrected chi connectivity index (χ4v) is 1.07. The van der Waals surface area contributed by atoms with Gasteiger partial charge in [0.25, 0.3) is 11.6 Å². The fourth-order valence-electron chi connectivity index (χ4n) is 1.07. The van der Waals surface area contributed by atoms with Crippen LogP contribution in [-0.2, 0) is 5.92 Å². The molecular formula is C9H7F2NO3. The van der Waals surface area contributed by atoms with Gasteiger partial charge in [0, 0.05) is 18.6 Å². The molecule has 4 nitrogen and oxygen atoms in total. The summed E-state index contributed by atoms with van der Waals surface area (Å²) >= 11 is 0. The minimum Gasteiger partial charge on any atom is -0.298 e. The summed E-state index contributed by atoms with van der Waals surface area (Å²) in [7, 11) is 0. The number of carbonyl (C=O) groups is 1. The van der Waals surface area contributed by atoms with Crippen LogP contribution in [0, 0.1) is 10.1 Å². The summed E-state index contributed by atoms with van der Waals surface area (Å²) in [5, 5.41) is 10.5. The molecule has 1 aromatic carbocycles. The molecule has 1 aromatic rings. The van der Waals surface area contributed by atoms with Crippen LogP contribution >= 0.6 is 0 Å². The van der Waals surface area contributed by atoms with Crippen molar-refractivity contribution in [3.8, 4) is 0 Å². The van der Waals surface area contributed by atoms with Crippen LogP contribution in [0.15, 0.2) is 18.2 Å². The number of halogens is 2. The second-order valence-corrected chi connectivity index (χ2v) is 3.04. The van der Waals surface area contributed by atoms with Crippen LogP contribution in [0.3, 0.4) is 0 Å². The predicted octanol–water partition coefficient (Wildman–Crippen LogP) is 2.52. The van der Waals surface area contributed by atoms with Gasteiger partial charge in [-0.3, -0.25) is 14.9 Å². The molecule has 0 bridgehead atoms. The van der Waals surface area contributed by atoms with Gasteiger partial charge in [0.05, 0.1) is 10.5 Å². The van der Waals surface area contributed by atoms with Crippen molar-refractivity contribution in [1.29, 1.82) is 0 Å². The van der Waals surface area contributed by atoms with Gasteiger partial charge in [0.15, 0.2) is 6.29 Å². The summed E-state index contributed by atoms with van der Waals surface area (Å²) < 4.78 is 25.6.